The summed E-state index contributed by atoms with van der Waals surface area (Å²) in [6.07, 6.45) is 0.965. The SMILES string of the molecule is Cc1cc(S(=O)(=O)Nc2ccc(N3CCN(c4cccc(-c5c(C(=O)NS(C)(=O)=O)c(C)n(C(C)C)c5-c5ccc(Cl)cc5)c4)CC3)cc2)ccc1F. The van der Waals surface area contributed by atoms with Crippen LogP contribution in [0.5, 0.6) is 0 Å². The second-order valence-corrected chi connectivity index (χ2v) is 17.3. The van der Waals surface area contributed by atoms with Crippen LogP contribution >= 0.6 is 11.6 Å². The van der Waals surface area contributed by atoms with Crippen molar-refractivity contribution in [1.29, 1.82) is 0 Å². The first-order chi connectivity index (χ1) is 25.0. The highest BCUT2D eigenvalue weighted by molar-refractivity contribution is 7.92. The predicted octanol–water partition coefficient (Wildman–Crippen LogP) is 7.63. The monoisotopic (exact) mass is 777 g/mol. The van der Waals surface area contributed by atoms with E-state index in [1.165, 1.54) is 19.1 Å². The van der Waals surface area contributed by atoms with Gasteiger partial charge in [-0.25, -0.2) is 25.9 Å². The number of piperazine rings is 1. The molecule has 2 heterocycles. The molecule has 0 unspecified atom stereocenters. The molecule has 0 atom stereocenters. The van der Waals surface area contributed by atoms with Gasteiger partial charge in [0.25, 0.3) is 15.9 Å². The lowest BCUT2D eigenvalue weighted by Gasteiger charge is -2.37. The molecule has 53 heavy (non-hydrogen) atoms. The average Bonchev–Trinajstić information content (AvgIpc) is 3.42. The number of halogens is 2. The van der Waals surface area contributed by atoms with Crippen molar-refractivity contribution < 1.29 is 26.0 Å². The molecule has 1 saturated heterocycles. The van der Waals surface area contributed by atoms with Crippen molar-refractivity contribution in [2.75, 3.05) is 47.0 Å². The second-order valence-electron chi connectivity index (χ2n) is 13.4. The molecule has 278 valence electrons. The normalized spacial score (nSPS) is 13.7. The molecule has 0 radical (unpaired) electrons. The maximum absolute atomic E-state index is 13.7. The Hall–Kier alpha value is -4.85. The topological polar surface area (TPSA) is 121 Å². The Labute approximate surface area is 315 Å². The van der Waals surface area contributed by atoms with Crippen molar-refractivity contribution in [3.8, 4) is 22.4 Å². The highest BCUT2D eigenvalue weighted by Gasteiger charge is 2.30. The third-order valence-electron chi connectivity index (χ3n) is 9.29. The fraction of sp³-hybridized carbons (Fsp3) is 0.256. The summed E-state index contributed by atoms with van der Waals surface area (Å²) >= 11 is 6.25. The molecule has 10 nitrogen and oxygen atoms in total. The van der Waals surface area contributed by atoms with Crippen molar-refractivity contribution in [2.24, 2.45) is 0 Å². The summed E-state index contributed by atoms with van der Waals surface area (Å²) in [4.78, 5) is 18.2. The van der Waals surface area contributed by atoms with Gasteiger partial charge in [-0.05, 0) is 111 Å². The van der Waals surface area contributed by atoms with E-state index in [4.69, 9.17) is 11.6 Å². The zero-order valence-electron chi connectivity index (χ0n) is 30.0. The molecule has 0 aliphatic carbocycles. The Kier molecular flexibility index (Phi) is 10.6. The van der Waals surface area contributed by atoms with Crippen LogP contribution in [0.4, 0.5) is 21.5 Å². The Morgan fingerprint density at radius 1 is 0.792 bits per heavy atom. The largest absolute Gasteiger partial charge is 0.368 e. The third kappa shape index (κ3) is 8.22. The van der Waals surface area contributed by atoms with Crippen LogP contribution in [-0.2, 0) is 20.0 Å². The summed E-state index contributed by atoms with van der Waals surface area (Å²) in [5.74, 6) is -1.16. The van der Waals surface area contributed by atoms with Gasteiger partial charge in [-0.15, -0.1) is 0 Å². The van der Waals surface area contributed by atoms with E-state index in [2.05, 4.69) is 23.8 Å². The number of aromatic nitrogens is 1. The number of anilines is 3. The first kappa shape index (κ1) is 37.9. The molecular formula is C39H41ClFN5O5S2. The Bertz CT molecular complexity index is 2390. The number of carbonyl (C=O) groups is 1. The zero-order valence-corrected chi connectivity index (χ0v) is 32.4. The number of carbonyl (C=O) groups excluding carboxylic acids is 1. The van der Waals surface area contributed by atoms with Gasteiger partial charge in [0, 0.05) is 65.6 Å². The number of benzene rings is 4. The second kappa shape index (κ2) is 14.9. The molecule has 4 aromatic carbocycles. The Morgan fingerprint density at radius 2 is 1.42 bits per heavy atom. The van der Waals surface area contributed by atoms with Gasteiger partial charge < -0.3 is 14.4 Å². The number of rotatable bonds is 10. The summed E-state index contributed by atoms with van der Waals surface area (Å²) in [6, 6.07) is 26.1. The Balaban J connectivity index is 1.25. The molecular weight excluding hydrogens is 737 g/mol. The molecule has 0 saturated carbocycles. The molecule has 2 N–H and O–H groups in total. The molecule has 5 aromatic rings. The van der Waals surface area contributed by atoms with Crippen LogP contribution in [0.25, 0.3) is 22.4 Å². The number of amides is 1. The van der Waals surface area contributed by atoms with Crippen molar-refractivity contribution in [1.82, 2.24) is 9.29 Å². The first-order valence-corrected chi connectivity index (χ1v) is 20.8. The highest BCUT2D eigenvalue weighted by atomic mass is 35.5. The fourth-order valence-corrected chi connectivity index (χ4v) is 8.55. The quantitative estimate of drug-likeness (QED) is 0.150. The summed E-state index contributed by atoms with van der Waals surface area (Å²) in [5.41, 5.74) is 6.49. The molecule has 6 rings (SSSR count). The van der Waals surface area contributed by atoms with Gasteiger partial charge in [-0.1, -0.05) is 35.9 Å². The van der Waals surface area contributed by atoms with Gasteiger partial charge in [0.05, 0.1) is 22.4 Å². The minimum atomic E-state index is -3.89. The van der Waals surface area contributed by atoms with Crippen molar-refractivity contribution in [3.05, 3.63) is 119 Å². The van der Waals surface area contributed by atoms with Crippen LogP contribution in [-0.4, -0.2) is 59.7 Å². The molecule has 14 heteroatoms. The molecule has 1 aromatic heterocycles. The van der Waals surface area contributed by atoms with Crippen LogP contribution in [0, 0.1) is 19.7 Å². The van der Waals surface area contributed by atoms with Crippen LogP contribution in [0.1, 0.15) is 41.5 Å². The lowest BCUT2D eigenvalue weighted by Crippen LogP contribution is -2.46. The van der Waals surface area contributed by atoms with Crippen molar-refractivity contribution in [2.45, 2.75) is 38.6 Å². The summed E-state index contributed by atoms with van der Waals surface area (Å²) in [5, 5.41) is 0.573. The summed E-state index contributed by atoms with van der Waals surface area (Å²) < 4.78 is 70.8. The lowest BCUT2D eigenvalue weighted by atomic mass is 9.96. The maximum Gasteiger partial charge on any atom is 0.267 e. The number of nitrogens with one attached hydrogen (secondary N) is 2. The van der Waals surface area contributed by atoms with Crippen LogP contribution < -0.4 is 19.2 Å². The smallest absolute Gasteiger partial charge is 0.267 e. The van der Waals surface area contributed by atoms with Gasteiger partial charge in [-0.2, -0.15) is 0 Å². The van der Waals surface area contributed by atoms with Gasteiger partial charge in [0.2, 0.25) is 10.0 Å². The number of hydrogen-bond acceptors (Lipinski definition) is 7. The fourth-order valence-electron chi connectivity index (χ4n) is 6.84. The molecule has 0 spiro atoms. The number of sulfonamides is 2. The average molecular weight is 778 g/mol. The first-order valence-electron chi connectivity index (χ1n) is 17.0. The standard InChI is InChI=1S/C39H41ClFN5O5S2/c1-25(2)46-27(4)36(39(47)43-52(5,48)49)37(38(46)28-9-11-30(40)12-10-28)29-7-6-8-33(24-29)45-21-19-44(20-22-45)32-15-13-31(14-16-32)42-53(50,51)34-17-18-35(41)26(3)23-34/h6-18,23-25,42H,19-22H2,1-5H3,(H,43,47). The molecule has 1 aliphatic rings. The lowest BCUT2D eigenvalue weighted by molar-refractivity contribution is 0.0981. The van der Waals surface area contributed by atoms with E-state index in [0.717, 1.165) is 40.5 Å². The zero-order chi connectivity index (χ0) is 38.2. The summed E-state index contributed by atoms with van der Waals surface area (Å²) in [7, 11) is -7.73. The van der Waals surface area contributed by atoms with Crippen LogP contribution in [0.3, 0.4) is 0 Å². The van der Waals surface area contributed by atoms with E-state index in [1.807, 2.05) is 69.3 Å². The number of nitrogens with zero attached hydrogens (tertiary/aromatic N) is 3. The van der Waals surface area contributed by atoms with Gasteiger partial charge >= 0.3 is 0 Å². The minimum absolute atomic E-state index is 0.0112. The minimum Gasteiger partial charge on any atom is -0.368 e. The van der Waals surface area contributed by atoms with Crippen LogP contribution in [0.15, 0.2) is 95.9 Å². The van der Waals surface area contributed by atoms with E-state index in [9.17, 15) is 26.0 Å². The molecule has 1 aliphatic heterocycles. The van der Waals surface area contributed by atoms with E-state index in [-0.39, 0.29) is 22.1 Å². The third-order valence-corrected chi connectivity index (χ3v) is 11.5. The van der Waals surface area contributed by atoms with E-state index < -0.39 is 31.8 Å². The van der Waals surface area contributed by atoms with Gasteiger partial charge in [0.1, 0.15) is 5.82 Å². The highest BCUT2D eigenvalue weighted by Crippen LogP contribution is 2.42. The predicted molar refractivity (Wildman–Crippen MR) is 211 cm³/mol. The van der Waals surface area contributed by atoms with Gasteiger partial charge in [-0.3, -0.25) is 9.52 Å². The van der Waals surface area contributed by atoms with Crippen molar-refractivity contribution >= 4 is 54.6 Å². The van der Waals surface area contributed by atoms with E-state index in [1.54, 1.807) is 24.3 Å². The van der Waals surface area contributed by atoms with Crippen LogP contribution in [0.2, 0.25) is 5.02 Å². The van der Waals surface area contributed by atoms with Crippen molar-refractivity contribution in [3.63, 3.8) is 0 Å². The number of aryl methyl sites for hydroxylation is 1. The molecule has 1 fully saturated rings. The maximum atomic E-state index is 13.7. The molecule has 1 amide bonds. The van der Waals surface area contributed by atoms with E-state index >= 15 is 0 Å². The van der Waals surface area contributed by atoms with Gasteiger partial charge in [0.15, 0.2) is 0 Å². The number of hydrogen-bond donors (Lipinski definition) is 2. The Morgan fingerprint density at radius 3 is 2.00 bits per heavy atom. The molecule has 0 bridgehead atoms. The van der Waals surface area contributed by atoms with E-state index in [0.29, 0.717) is 48.1 Å². The summed E-state index contributed by atoms with van der Waals surface area (Å²) in [6.45, 7) is 10.2.